The molecule has 0 bridgehead atoms. The Morgan fingerprint density at radius 1 is 1.09 bits per heavy atom. The Bertz CT molecular complexity index is 1270. The standard InChI is InChI=1S/C29H29N3O3/c1-29(2)12-11-22-18-21(19-26(28(22)35-29)23-4-3-13-30-20-23)5-10-27(34)32-16-14-31(15-17-32)24-6-8-25(33)9-7-24/h3-13,18-20,33H,14-17H2,1-2H3/b10-5+. The fourth-order valence-electron chi connectivity index (χ4n) is 4.45. The minimum Gasteiger partial charge on any atom is -0.508 e. The van der Waals surface area contributed by atoms with Crippen molar-refractivity contribution in [3.63, 3.8) is 0 Å². The first-order valence-corrected chi connectivity index (χ1v) is 11.9. The second-order valence-electron chi connectivity index (χ2n) is 9.43. The molecule has 1 saturated heterocycles. The molecule has 6 nitrogen and oxygen atoms in total. The first kappa shape index (κ1) is 22.7. The Labute approximate surface area is 205 Å². The molecule has 0 atom stereocenters. The second kappa shape index (κ2) is 9.29. The Morgan fingerprint density at radius 2 is 1.86 bits per heavy atom. The van der Waals surface area contributed by atoms with Gasteiger partial charge in [-0.25, -0.2) is 0 Å². The zero-order valence-corrected chi connectivity index (χ0v) is 20.0. The smallest absolute Gasteiger partial charge is 0.246 e. The largest absolute Gasteiger partial charge is 0.508 e. The summed E-state index contributed by atoms with van der Waals surface area (Å²) in [6.45, 7) is 6.89. The summed E-state index contributed by atoms with van der Waals surface area (Å²) in [5, 5.41) is 9.50. The lowest BCUT2D eigenvalue weighted by Gasteiger charge is -2.35. The lowest BCUT2D eigenvalue weighted by molar-refractivity contribution is -0.126. The van der Waals surface area contributed by atoms with Gasteiger partial charge in [0.2, 0.25) is 5.91 Å². The zero-order valence-electron chi connectivity index (χ0n) is 20.0. The van der Waals surface area contributed by atoms with Crippen molar-refractivity contribution in [3.05, 3.63) is 84.2 Å². The van der Waals surface area contributed by atoms with E-state index in [2.05, 4.69) is 28.1 Å². The van der Waals surface area contributed by atoms with Crippen LogP contribution in [-0.4, -0.2) is 52.7 Å². The Kier molecular flexibility index (Phi) is 6.03. The molecule has 1 amide bonds. The third-order valence-corrected chi connectivity index (χ3v) is 6.37. The van der Waals surface area contributed by atoms with Gasteiger partial charge in [0.25, 0.3) is 0 Å². The Balaban J connectivity index is 1.33. The van der Waals surface area contributed by atoms with Crippen molar-refractivity contribution >= 4 is 23.7 Å². The van der Waals surface area contributed by atoms with Gasteiger partial charge in [-0.1, -0.05) is 12.1 Å². The summed E-state index contributed by atoms with van der Waals surface area (Å²) < 4.78 is 6.30. The number of benzene rings is 2. The van der Waals surface area contributed by atoms with Crippen molar-refractivity contribution in [2.75, 3.05) is 31.1 Å². The number of carbonyl (C=O) groups excluding carboxylic acids is 1. The van der Waals surface area contributed by atoms with Crippen LogP contribution in [0, 0.1) is 0 Å². The molecule has 178 valence electrons. The molecule has 5 rings (SSSR count). The van der Waals surface area contributed by atoms with Crippen molar-refractivity contribution in [2.45, 2.75) is 19.4 Å². The van der Waals surface area contributed by atoms with Crippen LogP contribution in [0.25, 0.3) is 23.3 Å². The van der Waals surface area contributed by atoms with Crippen LogP contribution >= 0.6 is 0 Å². The van der Waals surface area contributed by atoms with E-state index >= 15 is 0 Å². The number of hydrogen-bond acceptors (Lipinski definition) is 5. The van der Waals surface area contributed by atoms with Crippen LogP contribution in [0.2, 0.25) is 0 Å². The van der Waals surface area contributed by atoms with E-state index in [1.807, 2.05) is 61.4 Å². The predicted molar refractivity (Wildman–Crippen MR) is 139 cm³/mol. The van der Waals surface area contributed by atoms with Crippen LogP contribution in [0.15, 0.2) is 73.1 Å². The van der Waals surface area contributed by atoms with Crippen molar-refractivity contribution in [1.29, 1.82) is 0 Å². The fourth-order valence-corrected chi connectivity index (χ4v) is 4.45. The van der Waals surface area contributed by atoms with Gasteiger partial charge in [-0.05, 0) is 74.0 Å². The molecule has 6 heteroatoms. The summed E-state index contributed by atoms with van der Waals surface area (Å²) in [6, 6.07) is 15.2. The Morgan fingerprint density at radius 3 is 2.57 bits per heavy atom. The second-order valence-corrected chi connectivity index (χ2v) is 9.43. The highest BCUT2D eigenvalue weighted by Crippen LogP contribution is 2.40. The molecule has 2 aliphatic rings. The molecule has 3 heterocycles. The van der Waals surface area contributed by atoms with Gasteiger partial charge in [0.05, 0.1) is 0 Å². The topological polar surface area (TPSA) is 65.9 Å². The summed E-state index contributed by atoms with van der Waals surface area (Å²) in [6.07, 6.45) is 11.3. The van der Waals surface area contributed by atoms with E-state index in [0.717, 1.165) is 46.8 Å². The maximum absolute atomic E-state index is 12.9. The fraction of sp³-hybridized carbons (Fsp3) is 0.241. The molecule has 0 spiro atoms. The highest BCUT2D eigenvalue weighted by atomic mass is 16.5. The number of phenols is 1. The lowest BCUT2D eigenvalue weighted by Crippen LogP contribution is -2.48. The number of amides is 1. The van der Waals surface area contributed by atoms with Crippen LogP contribution in [0.5, 0.6) is 11.5 Å². The van der Waals surface area contributed by atoms with Gasteiger partial charge < -0.3 is 19.6 Å². The molecule has 1 fully saturated rings. The quantitative estimate of drug-likeness (QED) is 0.547. The highest BCUT2D eigenvalue weighted by Gasteiger charge is 2.25. The average molecular weight is 468 g/mol. The maximum atomic E-state index is 12.9. The maximum Gasteiger partial charge on any atom is 0.246 e. The van der Waals surface area contributed by atoms with E-state index in [4.69, 9.17) is 4.74 Å². The van der Waals surface area contributed by atoms with Crippen LogP contribution < -0.4 is 9.64 Å². The number of fused-ring (bicyclic) bond motifs is 1. The molecule has 0 radical (unpaired) electrons. The predicted octanol–water partition coefficient (Wildman–Crippen LogP) is 5.00. The van der Waals surface area contributed by atoms with Crippen molar-refractivity contribution in [2.24, 2.45) is 0 Å². The minimum atomic E-state index is -0.389. The number of phenolic OH excluding ortho intramolecular Hbond substituents is 1. The highest BCUT2D eigenvalue weighted by molar-refractivity contribution is 5.92. The number of nitrogens with zero attached hydrogens (tertiary/aromatic N) is 3. The van der Waals surface area contributed by atoms with Crippen molar-refractivity contribution in [1.82, 2.24) is 9.88 Å². The number of hydrogen-bond donors (Lipinski definition) is 1. The number of ether oxygens (including phenoxy) is 1. The lowest BCUT2D eigenvalue weighted by atomic mass is 9.94. The normalized spacial score (nSPS) is 16.7. The number of carbonyl (C=O) groups is 1. The molecule has 0 saturated carbocycles. The van der Waals surface area contributed by atoms with E-state index in [-0.39, 0.29) is 17.3 Å². The van der Waals surface area contributed by atoms with Gasteiger partial charge >= 0.3 is 0 Å². The molecule has 2 aliphatic heterocycles. The molecule has 0 unspecified atom stereocenters. The SMILES string of the molecule is CC1(C)C=Cc2cc(/C=C/C(=O)N3CCN(c4ccc(O)cc4)CC3)cc(-c3cccnc3)c2O1. The molecular weight excluding hydrogens is 438 g/mol. The average Bonchev–Trinajstić information content (AvgIpc) is 2.87. The third kappa shape index (κ3) is 5.06. The number of aromatic hydroxyl groups is 1. The summed E-state index contributed by atoms with van der Waals surface area (Å²) in [5.74, 6) is 1.09. The number of aromatic nitrogens is 1. The van der Waals surface area contributed by atoms with Crippen LogP contribution in [0.1, 0.15) is 25.0 Å². The van der Waals surface area contributed by atoms with Gasteiger partial charge in [-0.3, -0.25) is 9.78 Å². The summed E-state index contributed by atoms with van der Waals surface area (Å²) in [4.78, 5) is 21.3. The summed E-state index contributed by atoms with van der Waals surface area (Å²) in [5.41, 5.74) is 4.52. The third-order valence-electron chi connectivity index (χ3n) is 6.37. The van der Waals surface area contributed by atoms with E-state index in [9.17, 15) is 9.90 Å². The summed E-state index contributed by atoms with van der Waals surface area (Å²) in [7, 11) is 0. The van der Waals surface area contributed by atoms with Gasteiger partial charge in [0.1, 0.15) is 17.1 Å². The van der Waals surface area contributed by atoms with Gasteiger partial charge in [-0.15, -0.1) is 0 Å². The Hall–Kier alpha value is -4.06. The molecule has 2 aromatic carbocycles. The van der Waals surface area contributed by atoms with Gasteiger partial charge in [0, 0.05) is 67.0 Å². The van der Waals surface area contributed by atoms with E-state index in [1.54, 1.807) is 24.4 Å². The monoisotopic (exact) mass is 467 g/mol. The molecule has 0 aliphatic carbocycles. The molecule has 1 aromatic heterocycles. The van der Waals surface area contributed by atoms with E-state index in [0.29, 0.717) is 13.1 Å². The van der Waals surface area contributed by atoms with E-state index in [1.165, 1.54) is 0 Å². The van der Waals surface area contributed by atoms with Gasteiger partial charge in [0.15, 0.2) is 0 Å². The van der Waals surface area contributed by atoms with Crippen LogP contribution in [0.3, 0.4) is 0 Å². The summed E-state index contributed by atoms with van der Waals surface area (Å²) >= 11 is 0. The van der Waals surface area contributed by atoms with E-state index < -0.39 is 0 Å². The van der Waals surface area contributed by atoms with Crippen LogP contribution in [0.4, 0.5) is 5.69 Å². The molecule has 35 heavy (non-hydrogen) atoms. The zero-order chi connectivity index (χ0) is 24.4. The number of anilines is 1. The van der Waals surface area contributed by atoms with Crippen molar-refractivity contribution in [3.8, 4) is 22.6 Å². The minimum absolute atomic E-state index is 0.00364. The van der Waals surface area contributed by atoms with Crippen LogP contribution in [-0.2, 0) is 4.79 Å². The molecular formula is C29H29N3O3. The first-order valence-electron chi connectivity index (χ1n) is 11.9. The number of pyridine rings is 1. The van der Waals surface area contributed by atoms with Gasteiger partial charge in [-0.2, -0.15) is 0 Å². The number of piperazine rings is 1. The molecule has 3 aromatic rings. The molecule has 1 N–H and O–H groups in total. The number of rotatable bonds is 4. The van der Waals surface area contributed by atoms with Crippen molar-refractivity contribution < 1.29 is 14.6 Å². The first-order chi connectivity index (χ1) is 16.9.